The van der Waals surface area contributed by atoms with Gasteiger partial charge in [-0.1, -0.05) is 41.9 Å². The Morgan fingerprint density at radius 2 is 1.79 bits per heavy atom. The highest BCUT2D eigenvalue weighted by molar-refractivity contribution is 9.10. The van der Waals surface area contributed by atoms with Crippen LogP contribution in [0.25, 0.3) is 0 Å². The summed E-state index contributed by atoms with van der Waals surface area (Å²) >= 11 is 3.35. The van der Waals surface area contributed by atoms with Crippen LogP contribution >= 0.6 is 15.9 Å². The second kappa shape index (κ2) is 7.28. The van der Waals surface area contributed by atoms with Gasteiger partial charge in [-0.05, 0) is 24.6 Å². The Morgan fingerprint density at radius 3 is 2.32 bits per heavy atom. The number of hydrogen-bond donors (Lipinski definition) is 1. The monoisotopic (exact) mass is 327 g/mol. The Labute approximate surface area is 121 Å². The molecule has 5 heteroatoms. The van der Waals surface area contributed by atoms with Gasteiger partial charge in [0.1, 0.15) is 0 Å². The number of rotatable bonds is 5. The summed E-state index contributed by atoms with van der Waals surface area (Å²) in [6, 6.07) is 7.55. The van der Waals surface area contributed by atoms with E-state index in [-0.39, 0.29) is 30.4 Å². The largest absolute Gasteiger partial charge is 0.455 e. The van der Waals surface area contributed by atoms with Crippen LogP contribution in [0.5, 0.6) is 0 Å². The van der Waals surface area contributed by atoms with Crippen LogP contribution in [0.2, 0.25) is 0 Å². The highest BCUT2D eigenvalue weighted by Gasteiger charge is 2.13. The Kier molecular flexibility index (Phi) is 6.02. The first-order valence-electron chi connectivity index (χ1n) is 6.11. The van der Waals surface area contributed by atoms with Crippen molar-refractivity contribution >= 4 is 27.8 Å². The molecular weight excluding hydrogens is 310 g/mol. The maximum atomic E-state index is 11.6. The molecule has 0 fully saturated rings. The van der Waals surface area contributed by atoms with Crippen molar-refractivity contribution in [2.75, 3.05) is 6.61 Å². The zero-order valence-corrected chi connectivity index (χ0v) is 12.9. The number of nitrogens with one attached hydrogen (secondary N) is 1. The summed E-state index contributed by atoms with van der Waals surface area (Å²) in [5.41, 5.74) is 0.992. The molecule has 19 heavy (non-hydrogen) atoms. The number of amides is 1. The minimum Gasteiger partial charge on any atom is -0.455 e. The van der Waals surface area contributed by atoms with Gasteiger partial charge in [0.05, 0.1) is 12.0 Å². The van der Waals surface area contributed by atoms with E-state index in [1.807, 2.05) is 31.2 Å². The number of ether oxygens (including phenoxy) is 1. The van der Waals surface area contributed by atoms with Gasteiger partial charge in [-0.2, -0.15) is 0 Å². The van der Waals surface area contributed by atoms with Crippen LogP contribution < -0.4 is 5.32 Å². The van der Waals surface area contributed by atoms with Gasteiger partial charge in [0.25, 0.3) is 5.91 Å². The molecule has 0 spiro atoms. The highest BCUT2D eigenvalue weighted by atomic mass is 79.9. The molecule has 1 atom stereocenters. The lowest BCUT2D eigenvalue weighted by atomic mass is 10.1. The Bertz CT molecular complexity index is 443. The molecule has 1 aromatic carbocycles. The van der Waals surface area contributed by atoms with Crippen LogP contribution in [-0.2, 0) is 14.3 Å². The molecule has 1 rings (SSSR count). The lowest BCUT2D eigenvalue weighted by molar-refractivity contribution is -0.151. The molecule has 0 bridgehead atoms. The molecule has 1 N–H and O–H groups in total. The average Bonchev–Trinajstić information content (AvgIpc) is 2.36. The van der Waals surface area contributed by atoms with Crippen molar-refractivity contribution in [2.24, 2.45) is 5.92 Å². The van der Waals surface area contributed by atoms with Gasteiger partial charge < -0.3 is 10.1 Å². The summed E-state index contributed by atoms with van der Waals surface area (Å²) in [6.45, 7) is 5.10. The first kappa shape index (κ1) is 15.7. The number of hydrogen-bond acceptors (Lipinski definition) is 3. The van der Waals surface area contributed by atoms with Crippen molar-refractivity contribution in [3.63, 3.8) is 0 Å². The highest BCUT2D eigenvalue weighted by Crippen LogP contribution is 2.16. The quantitative estimate of drug-likeness (QED) is 0.846. The first-order valence-corrected chi connectivity index (χ1v) is 6.91. The van der Waals surface area contributed by atoms with Gasteiger partial charge in [-0.3, -0.25) is 9.59 Å². The van der Waals surface area contributed by atoms with Gasteiger partial charge in [-0.15, -0.1) is 0 Å². The zero-order chi connectivity index (χ0) is 14.4. The molecule has 0 saturated heterocycles. The summed E-state index contributed by atoms with van der Waals surface area (Å²) in [4.78, 5) is 22.9. The third kappa shape index (κ3) is 5.42. The molecule has 0 radical (unpaired) electrons. The van der Waals surface area contributed by atoms with Crippen molar-refractivity contribution in [3.8, 4) is 0 Å². The standard InChI is InChI=1S/C14H18BrNO3/c1-9(2)14(18)19-8-13(17)16-10(3)11-4-6-12(15)7-5-11/h4-7,9-10H,8H2,1-3H3,(H,16,17)/t10-/m0/s1. The smallest absolute Gasteiger partial charge is 0.308 e. The number of carbonyl (C=O) groups excluding carboxylic acids is 2. The molecule has 1 aromatic rings. The van der Waals surface area contributed by atoms with E-state index >= 15 is 0 Å². The van der Waals surface area contributed by atoms with E-state index in [1.165, 1.54) is 0 Å². The van der Waals surface area contributed by atoms with E-state index in [2.05, 4.69) is 21.2 Å². The Morgan fingerprint density at radius 1 is 1.21 bits per heavy atom. The third-order valence-electron chi connectivity index (χ3n) is 2.56. The van der Waals surface area contributed by atoms with Crippen molar-refractivity contribution < 1.29 is 14.3 Å². The van der Waals surface area contributed by atoms with Crippen LogP contribution in [-0.4, -0.2) is 18.5 Å². The van der Waals surface area contributed by atoms with Crippen molar-refractivity contribution in [2.45, 2.75) is 26.8 Å². The molecule has 0 saturated carbocycles. The minimum atomic E-state index is -0.369. The van der Waals surface area contributed by atoms with Gasteiger partial charge in [-0.25, -0.2) is 0 Å². The summed E-state index contributed by atoms with van der Waals surface area (Å²) in [6.07, 6.45) is 0. The van der Waals surface area contributed by atoms with Crippen LogP contribution in [0, 0.1) is 5.92 Å². The van der Waals surface area contributed by atoms with E-state index in [4.69, 9.17) is 4.74 Å². The van der Waals surface area contributed by atoms with Gasteiger partial charge in [0, 0.05) is 4.47 Å². The van der Waals surface area contributed by atoms with E-state index in [0.717, 1.165) is 10.0 Å². The summed E-state index contributed by atoms with van der Waals surface area (Å²) in [5, 5.41) is 2.78. The second-order valence-corrected chi connectivity index (χ2v) is 5.52. The van der Waals surface area contributed by atoms with E-state index in [1.54, 1.807) is 13.8 Å². The Hall–Kier alpha value is -1.36. The summed E-state index contributed by atoms with van der Waals surface area (Å²) < 4.78 is 5.85. The molecular formula is C14H18BrNO3. The van der Waals surface area contributed by atoms with Crippen LogP contribution in [0.4, 0.5) is 0 Å². The van der Waals surface area contributed by atoms with Crippen molar-refractivity contribution in [1.82, 2.24) is 5.32 Å². The SMILES string of the molecule is CC(C)C(=O)OCC(=O)N[C@@H](C)c1ccc(Br)cc1. The fraction of sp³-hybridized carbons (Fsp3) is 0.429. The molecule has 4 nitrogen and oxygen atoms in total. The molecule has 0 aliphatic heterocycles. The fourth-order valence-electron chi connectivity index (χ4n) is 1.42. The molecule has 104 valence electrons. The third-order valence-corrected chi connectivity index (χ3v) is 3.09. The lowest BCUT2D eigenvalue weighted by Crippen LogP contribution is -2.31. The molecule has 0 aliphatic carbocycles. The molecule has 1 amide bonds. The van der Waals surface area contributed by atoms with Crippen LogP contribution in [0.15, 0.2) is 28.7 Å². The van der Waals surface area contributed by atoms with E-state index < -0.39 is 0 Å². The molecule has 0 heterocycles. The predicted octanol–water partition coefficient (Wildman–Crippen LogP) is 2.83. The van der Waals surface area contributed by atoms with Crippen molar-refractivity contribution in [3.05, 3.63) is 34.3 Å². The predicted molar refractivity (Wildman–Crippen MR) is 76.5 cm³/mol. The van der Waals surface area contributed by atoms with Crippen LogP contribution in [0.1, 0.15) is 32.4 Å². The maximum absolute atomic E-state index is 11.6. The van der Waals surface area contributed by atoms with Gasteiger partial charge >= 0.3 is 5.97 Å². The Balaban J connectivity index is 2.44. The lowest BCUT2D eigenvalue weighted by Gasteiger charge is -2.15. The maximum Gasteiger partial charge on any atom is 0.308 e. The second-order valence-electron chi connectivity index (χ2n) is 4.60. The minimum absolute atomic E-state index is 0.127. The number of carbonyl (C=O) groups is 2. The first-order chi connectivity index (χ1) is 8.90. The number of benzene rings is 1. The van der Waals surface area contributed by atoms with Crippen LogP contribution in [0.3, 0.4) is 0 Å². The summed E-state index contributed by atoms with van der Waals surface area (Å²) in [7, 11) is 0. The number of halogens is 1. The average molecular weight is 328 g/mol. The van der Waals surface area contributed by atoms with E-state index in [9.17, 15) is 9.59 Å². The molecule has 0 aromatic heterocycles. The molecule has 0 aliphatic rings. The zero-order valence-electron chi connectivity index (χ0n) is 11.3. The van der Waals surface area contributed by atoms with E-state index in [0.29, 0.717) is 0 Å². The summed E-state index contributed by atoms with van der Waals surface area (Å²) in [5.74, 6) is -0.896. The van der Waals surface area contributed by atoms with Gasteiger partial charge in [0.2, 0.25) is 0 Å². The topological polar surface area (TPSA) is 55.4 Å². The van der Waals surface area contributed by atoms with Gasteiger partial charge in [0.15, 0.2) is 6.61 Å². The fourth-order valence-corrected chi connectivity index (χ4v) is 1.69. The number of esters is 1. The molecule has 0 unspecified atom stereocenters. The van der Waals surface area contributed by atoms with Crippen molar-refractivity contribution in [1.29, 1.82) is 0 Å². The normalized spacial score (nSPS) is 12.1.